The van der Waals surface area contributed by atoms with Crippen LogP contribution in [-0.2, 0) is 9.53 Å². The molecule has 0 saturated carbocycles. The summed E-state index contributed by atoms with van der Waals surface area (Å²) in [6.07, 6.45) is 1.58. The summed E-state index contributed by atoms with van der Waals surface area (Å²) in [4.78, 5) is 16.9. The number of nitrogens with zero attached hydrogens (tertiary/aromatic N) is 3. The van der Waals surface area contributed by atoms with Gasteiger partial charge in [-0.05, 0) is 31.7 Å². The molecule has 2 aromatic heterocycles. The molecule has 1 aliphatic rings. The number of esters is 1. The number of hydrogen-bond donors (Lipinski definition) is 1. The smallest absolute Gasteiger partial charge is 0.338 e. The molecule has 0 bridgehead atoms. The molecule has 23 heavy (non-hydrogen) atoms. The van der Waals surface area contributed by atoms with Gasteiger partial charge >= 0.3 is 5.97 Å². The zero-order valence-corrected chi connectivity index (χ0v) is 14.0. The van der Waals surface area contributed by atoms with Crippen LogP contribution < -0.4 is 5.32 Å². The zero-order valence-electron chi connectivity index (χ0n) is 13.2. The zero-order chi connectivity index (χ0) is 16.4. The number of carbonyl (C=O) groups excluding carboxylic acids is 1. The summed E-state index contributed by atoms with van der Waals surface area (Å²) in [5, 5.41) is 8.30. The van der Waals surface area contributed by atoms with Gasteiger partial charge in [0.1, 0.15) is 11.8 Å². The molecule has 0 aliphatic carbocycles. The third-order valence-electron chi connectivity index (χ3n) is 3.41. The van der Waals surface area contributed by atoms with Gasteiger partial charge < -0.3 is 14.5 Å². The molecule has 0 fully saturated rings. The van der Waals surface area contributed by atoms with Crippen LogP contribution in [0.1, 0.15) is 32.6 Å². The Hall–Kier alpha value is -2.22. The average molecular weight is 334 g/mol. The van der Waals surface area contributed by atoms with E-state index in [0.717, 1.165) is 5.75 Å². The fourth-order valence-electron chi connectivity index (χ4n) is 2.50. The summed E-state index contributed by atoms with van der Waals surface area (Å²) < 4.78 is 12.4. The Bertz CT molecular complexity index is 736. The molecule has 1 unspecified atom stereocenters. The second-order valence-electron chi connectivity index (χ2n) is 4.90. The number of hydrogen-bond acceptors (Lipinski definition) is 7. The highest BCUT2D eigenvalue weighted by atomic mass is 32.2. The van der Waals surface area contributed by atoms with E-state index >= 15 is 0 Å². The van der Waals surface area contributed by atoms with E-state index in [2.05, 4.69) is 15.4 Å². The molecular weight excluding hydrogens is 316 g/mol. The molecular formula is C15H18N4O3S. The molecule has 1 N–H and O–H groups in total. The average Bonchev–Trinajstić information content (AvgIpc) is 3.15. The second-order valence-corrected chi connectivity index (χ2v) is 6.13. The largest absolute Gasteiger partial charge is 0.467 e. The monoisotopic (exact) mass is 334 g/mol. The number of thioether (sulfide) groups is 1. The molecule has 1 aliphatic heterocycles. The number of furan rings is 1. The van der Waals surface area contributed by atoms with Crippen LogP contribution in [0, 0.1) is 0 Å². The molecule has 1 atom stereocenters. The van der Waals surface area contributed by atoms with E-state index in [1.54, 1.807) is 35.7 Å². The summed E-state index contributed by atoms with van der Waals surface area (Å²) in [6, 6.07) is 3.12. The number of fused-ring (bicyclic) bond motifs is 1. The topological polar surface area (TPSA) is 82.2 Å². The maximum absolute atomic E-state index is 12.4. The number of aromatic nitrogens is 3. The van der Waals surface area contributed by atoms with Crippen molar-refractivity contribution in [2.75, 3.05) is 17.7 Å². The molecule has 2 aromatic rings. The van der Waals surface area contributed by atoms with E-state index in [1.807, 2.05) is 19.9 Å². The number of rotatable bonds is 5. The molecule has 7 nitrogen and oxygen atoms in total. The minimum atomic E-state index is -0.487. The van der Waals surface area contributed by atoms with Crippen molar-refractivity contribution in [2.24, 2.45) is 0 Å². The standard InChI is InChI=1S/C15H18N4O3S/c1-4-21-13(20)11-9(3)16-14-17-15(23-5-2)18-19(14)12(11)10-7-6-8-22-10/h6-8,12H,4-5H2,1-3H3,(H,16,17,18). The van der Waals surface area contributed by atoms with E-state index in [9.17, 15) is 4.79 Å². The molecule has 122 valence electrons. The molecule has 0 aromatic carbocycles. The number of anilines is 1. The van der Waals surface area contributed by atoms with Crippen molar-refractivity contribution in [3.8, 4) is 0 Å². The van der Waals surface area contributed by atoms with Crippen LogP contribution in [0.2, 0.25) is 0 Å². The first-order valence-corrected chi connectivity index (χ1v) is 8.41. The predicted octanol–water partition coefficient (Wildman–Crippen LogP) is 2.84. The van der Waals surface area contributed by atoms with Gasteiger partial charge in [-0.2, -0.15) is 4.98 Å². The van der Waals surface area contributed by atoms with Crippen LogP contribution in [-0.4, -0.2) is 33.1 Å². The van der Waals surface area contributed by atoms with Crippen molar-refractivity contribution in [3.63, 3.8) is 0 Å². The summed E-state index contributed by atoms with van der Waals surface area (Å²) >= 11 is 1.54. The van der Waals surface area contributed by atoms with E-state index in [1.165, 1.54) is 0 Å². The van der Waals surface area contributed by atoms with E-state index in [4.69, 9.17) is 9.15 Å². The van der Waals surface area contributed by atoms with Crippen molar-refractivity contribution in [1.82, 2.24) is 14.8 Å². The van der Waals surface area contributed by atoms with Crippen LogP contribution in [0.4, 0.5) is 5.95 Å². The quantitative estimate of drug-likeness (QED) is 0.665. The van der Waals surface area contributed by atoms with Crippen molar-refractivity contribution >= 4 is 23.7 Å². The van der Waals surface area contributed by atoms with E-state index in [0.29, 0.717) is 34.7 Å². The molecule has 0 spiro atoms. The summed E-state index contributed by atoms with van der Waals surface area (Å²) in [7, 11) is 0. The lowest BCUT2D eigenvalue weighted by Gasteiger charge is -2.26. The van der Waals surface area contributed by atoms with Crippen LogP contribution in [0.5, 0.6) is 0 Å². The third kappa shape index (κ3) is 2.86. The molecule has 3 heterocycles. The van der Waals surface area contributed by atoms with Crippen LogP contribution >= 0.6 is 11.8 Å². The second kappa shape index (κ2) is 6.49. The minimum Gasteiger partial charge on any atom is -0.467 e. The maximum Gasteiger partial charge on any atom is 0.338 e. The van der Waals surface area contributed by atoms with Crippen molar-refractivity contribution in [2.45, 2.75) is 32.0 Å². The highest BCUT2D eigenvalue weighted by molar-refractivity contribution is 7.99. The first kappa shape index (κ1) is 15.7. The lowest BCUT2D eigenvalue weighted by Crippen LogP contribution is -2.29. The molecule has 0 radical (unpaired) electrons. The maximum atomic E-state index is 12.4. The van der Waals surface area contributed by atoms with Crippen molar-refractivity contribution in [3.05, 3.63) is 35.4 Å². The van der Waals surface area contributed by atoms with Gasteiger partial charge in [-0.1, -0.05) is 18.7 Å². The Morgan fingerprint density at radius 3 is 3.00 bits per heavy atom. The van der Waals surface area contributed by atoms with Crippen LogP contribution in [0.3, 0.4) is 0 Å². The highest BCUT2D eigenvalue weighted by Gasteiger charge is 2.36. The molecule has 3 rings (SSSR count). The van der Waals surface area contributed by atoms with Gasteiger partial charge in [-0.25, -0.2) is 9.48 Å². The van der Waals surface area contributed by atoms with Gasteiger partial charge in [0.05, 0.1) is 18.4 Å². The SMILES string of the molecule is CCOC(=O)C1=C(C)Nc2nc(SCC)nn2C1c1ccco1. The lowest BCUT2D eigenvalue weighted by atomic mass is 10.0. The summed E-state index contributed by atoms with van der Waals surface area (Å²) in [5.41, 5.74) is 1.17. The van der Waals surface area contributed by atoms with Gasteiger partial charge in [0.2, 0.25) is 11.1 Å². The number of carbonyl (C=O) groups is 1. The first-order chi connectivity index (χ1) is 11.2. The highest BCUT2D eigenvalue weighted by Crippen LogP contribution is 2.36. The van der Waals surface area contributed by atoms with E-state index in [-0.39, 0.29) is 5.97 Å². The molecule has 0 amide bonds. The predicted molar refractivity (Wildman–Crippen MR) is 86.2 cm³/mol. The Morgan fingerprint density at radius 1 is 1.52 bits per heavy atom. The van der Waals surface area contributed by atoms with Gasteiger partial charge in [-0.15, -0.1) is 5.10 Å². The number of nitrogens with one attached hydrogen (secondary N) is 1. The van der Waals surface area contributed by atoms with Gasteiger partial charge in [0, 0.05) is 5.70 Å². The Morgan fingerprint density at radius 2 is 2.35 bits per heavy atom. The van der Waals surface area contributed by atoms with Gasteiger partial charge in [0.25, 0.3) is 0 Å². The molecule has 0 saturated heterocycles. The van der Waals surface area contributed by atoms with Crippen molar-refractivity contribution in [1.29, 1.82) is 0 Å². The summed E-state index contributed by atoms with van der Waals surface area (Å²) in [5.74, 6) is 1.69. The Balaban J connectivity index is 2.09. The Kier molecular flexibility index (Phi) is 4.42. The summed E-state index contributed by atoms with van der Waals surface area (Å²) in [6.45, 7) is 5.95. The van der Waals surface area contributed by atoms with Crippen molar-refractivity contribution < 1.29 is 13.9 Å². The van der Waals surface area contributed by atoms with Crippen LogP contribution in [0.25, 0.3) is 0 Å². The fourth-order valence-corrected chi connectivity index (χ4v) is 3.06. The molecule has 8 heteroatoms. The normalized spacial score (nSPS) is 16.9. The van der Waals surface area contributed by atoms with Crippen LogP contribution in [0.15, 0.2) is 39.2 Å². The van der Waals surface area contributed by atoms with Gasteiger partial charge in [0.15, 0.2) is 0 Å². The van der Waals surface area contributed by atoms with E-state index < -0.39 is 6.04 Å². The Labute approximate surface area is 138 Å². The number of allylic oxidation sites excluding steroid dienone is 1. The lowest BCUT2D eigenvalue weighted by molar-refractivity contribution is -0.139. The number of ether oxygens (including phenoxy) is 1. The minimum absolute atomic E-state index is 0.307. The first-order valence-electron chi connectivity index (χ1n) is 7.43. The fraction of sp³-hybridized carbons (Fsp3) is 0.400. The van der Waals surface area contributed by atoms with Gasteiger partial charge in [-0.3, -0.25) is 0 Å². The third-order valence-corrected chi connectivity index (χ3v) is 4.13.